The number of aryl methyl sites for hydroxylation is 1. The highest BCUT2D eigenvalue weighted by Crippen LogP contribution is 2.32. The first-order chi connectivity index (χ1) is 12.8. The van der Waals surface area contributed by atoms with E-state index in [0.29, 0.717) is 21.5 Å². The number of carbonyl (C=O) groups is 2. The number of aromatic nitrogens is 1. The predicted molar refractivity (Wildman–Crippen MR) is 109 cm³/mol. The summed E-state index contributed by atoms with van der Waals surface area (Å²) < 4.78 is 0.882. The van der Waals surface area contributed by atoms with Gasteiger partial charge in [-0.1, -0.05) is 60.7 Å². The lowest BCUT2D eigenvalue weighted by Crippen LogP contribution is -2.47. The molecular weight excluding hydrogens is 404 g/mol. The fourth-order valence-corrected chi connectivity index (χ4v) is 4.27. The summed E-state index contributed by atoms with van der Waals surface area (Å²) in [5, 5.41) is 15.0. The summed E-state index contributed by atoms with van der Waals surface area (Å²) in [4.78, 5) is 29.5. The molecule has 6 nitrogen and oxygen atoms in total. The summed E-state index contributed by atoms with van der Waals surface area (Å²) >= 11 is 8.75. The van der Waals surface area contributed by atoms with E-state index in [1.165, 1.54) is 23.1 Å². The Morgan fingerprint density at radius 3 is 2.70 bits per heavy atom. The molecular formula is C18H19ClN4O2S2. The molecule has 2 rings (SSSR count). The fraction of sp³-hybridized carbons (Fsp3) is 0.333. The fourth-order valence-electron chi connectivity index (χ4n) is 2.25. The summed E-state index contributed by atoms with van der Waals surface area (Å²) in [6, 6.07) is 8.00. The average molecular weight is 423 g/mol. The third-order valence-corrected chi connectivity index (χ3v) is 6.24. The number of carbonyl (C=O) groups excluding carboxylic acids is 2. The number of hydrogen-bond acceptors (Lipinski definition) is 6. The molecule has 1 heterocycles. The van der Waals surface area contributed by atoms with Crippen LogP contribution < -0.4 is 10.6 Å². The molecule has 0 aliphatic heterocycles. The molecule has 2 N–H and O–H groups in total. The minimum Gasteiger partial charge on any atom is -0.340 e. The van der Waals surface area contributed by atoms with Crippen LogP contribution >= 0.6 is 34.7 Å². The molecule has 0 spiro atoms. The first-order valence-corrected chi connectivity index (χ1v) is 10.3. The molecule has 0 saturated heterocycles. The Kier molecular flexibility index (Phi) is 7.66. The molecule has 0 saturated carbocycles. The van der Waals surface area contributed by atoms with Crippen molar-refractivity contribution < 1.29 is 9.59 Å². The van der Waals surface area contributed by atoms with Crippen LogP contribution in [0.4, 0.5) is 5.13 Å². The third kappa shape index (κ3) is 5.70. The number of thioether (sulfide) groups is 1. The number of nitrogens with zero attached hydrogens (tertiary/aromatic N) is 2. The van der Waals surface area contributed by atoms with Crippen molar-refractivity contribution in [3.8, 4) is 6.07 Å². The van der Waals surface area contributed by atoms with Gasteiger partial charge in [0.15, 0.2) is 5.13 Å². The van der Waals surface area contributed by atoms with Gasteiger partial charge in [0.2, 0.25) is 5.91 Å². The van der Waals surface area contributed by atoms with E-state index < -0.39 is 11.9 Å². The van der Waals surface area contributed by atoms with Gasteiger partial charge in [-0.25, -0.2) is 4.98 Å². The van der Waals surface area contributed by atoms with E-state index >= 15 is 0 Å². The van der Waals surface area contributed by atoms with Crippen molar-refractivity contribution in [2.24, 2.45) is 5.92 Å². The SMILES string of the molecule is Cc1nc(NC(=O)C(NC(=O)c2ccccc2Cl)C(C)C)sc1SCC#N. The number of nitrogens with one attached hydrogen (secondary N) is 2. The molecule has 2 amide bonds. The van der Waals surface area contributed by atoms with Crippen molar-refractivity contribution in [1.82, 2.24) is 10.3 Å². The molecule has 0 aliphatic rings. The highest BCUT2D eigenvalue weighted by molar-refractivity contribution is 8.01. The smallest absolute Gasteiger partial charge is 0.253 e. The largest absolute Gasteiger partial charge is 0.340 e. The summed E-state index contributed by atoms with van der Waals surface area (Å²) in [7, 11) is 0. The number of thiazole rings is 1. The van der Waals surface area contributed by atoms with Gasteiger partial charge >= 0.3 is 0 Å². The van der Waals surface area contributed by atoms with Gasteiger partial charge in [0, 0.05) is 0 Å². The molecule has 0 bridgehead atoms. The maximum absolute atomic E-state index is 12.7. The highest BCUT2D eigenvalue weighted by atomic mass is 35.5. The summed E-state index contributed by atoms with van der Waals surface area (Å²) in [6.07, 6.45) is 0. The van der Waals surface area contributed by atoms with Crippen molar-refractivity contribution in [2.75, 3.05) is 11.1 Å². The highest BCUT2D eigenvalue weighted by Gasteiger charge is 2.26. The Bertz CT molecular complexity index is 876. The van der Waals surface area contributed by atoms with Crippen LogP contribution in [0.1, 0.15) is 29.9 Å². The van der Waals surface area contributed by atoms with Gasteiger partial charge in [0.1, 0.15) is 6.04 Å². The Morgan fingerprint density at radius 2 is 2.07 bits per heavy atom. The number of halogens is 1. The van der Waals surface area contributed by atoms with E-state index in [1.807, 2.05) is 20.8 Å². The van der Waals surface area contributed by atoms with Gasteiger partial charge in [0.05, 0.1) is 32.3 Å². The van der Waals surface area contributed by atoms with Crippen LogP contribution in [0.3, 0.4) is 0 Å². The van der Waals surface area contributed by atoms with E-state index in [9.17, 15) is 9.59 Å². The maximum atomic E-state index is 12.7. The van der Waals surface area contributed by atoms with E-state index in [2.05, 4.69) is 21.7 Å². The van der Waals surface area contributed by atoms with E-state index in [4.69, 9.17) is 16.9 Å². The molecule has 1 unspecified atom stereocenters. The normalized spacial score (nSPS) is 11.7. The van der Waals surface area contributed by atoms with E-state index in [-0.39, 0.29) is 11.8 Å². The molecule has 0 radical (unpaired) electrons. The lowest BCUT2D eigenvalue weighted by Gasteiger charge is -2.21. The molecule has 1 aromatic carbocycles. The summed E-state index contributed by atoms with van der Waals surface area (Å²) in [5.74, 6) is -0.574. The standard InChI is InChI=1S/C18H19ClN4O2S2/c1-10(2)14(22-15(24)12-6-4-5-7-13(12)19)16(25)23-18-21-11(3)17(27-18)26-9-8-20/h4-7,10,14H,9H2,1-3H3,(H,22,24)(H,21,23,25). The number of anilines is 1. The molecule has 27 heavy (non-hydrogen) atoms. The van der Waals surface area contributed by atoms with Crippen LogP contribution in [0, 0.1) is 24.2 Å². The van der Waals surface area contributed by atoms with Crippen LogP contribution in [0.15, 0.2) is 28.5 Å². The zero-order chi connectivity index (χ0) is 20.0. The minimum absolute atomic E-state index is 0.134. The lowest BCUT2D eigenvalue weighted by molar-refractivity contribution is -0.118. The second-order valence-corrected chi connectivity index (χ2v) is 8.65. The third-order valence-electron chi connectivity index (χ3n) is 3.61. The Morgan fingerprint density at radius 1 is 1.37 bits per heavy atom. The van der Waals surface area contributed by atoms with Crippen LogP contribution in [0.5, 0.6) is 0 Å². The molecule has 142 valence electrons. The van der Waals surface area contributed by atoms with Crippen LogP contribution in [0.2, 0.25) is 5.02 Å². The number of rotatable bonds is 7. The number of nitriles is 1. The number of benzene rings is 1. The quantitative estimate of drug-likeness (QED) is 0.654. The van der Waals surface area contributed by atoms with Gasteiger partial charge in [-0.3, -0.25) is 9.59 Å². The number of amides is 2. The first kappa shape index (κ1) is 21.2. The van der Waals surface area contributed by atoms with Gasteiger partial charge in [-0.15, -0.1) is 0 Å². The second-order valence-electron chi connectivity index (χ2n) is 6.00. The maximum Gasteiger partial charge on any atom is 0.253 e. The molecule has 1 aromatic heterocycles. The average Bonchev–Trinajstić information content (AvgIpc) is 2.96. The van der Waals surface area contributed by atoms with E-state index in [0.717, 1.165) is 9.90 Å². The van der Waals surface area contributed by atoms with Gasteiger partial charge in [-0.2, -0.15) is 5.26 Å². The summed E-state index contributed by atoms with van der Waals surface area (Å²) in [5.41, 5.74) is 1.08. The molecule has 0 aliphatic carbocycles. The van der Waals surface area contributed by atoms with Crippen LogP contribution in [-0.2, 0) is 4.79 Å². The number of hydrogen-bond donors (Lipinski definition) is 2. The zero-order valence-corrected chi connectivity index (χ0v) is 17.5. The molecule has 1 atom stereocenters. The summed E-state index contributed by atoms with van der Waals surface area (Å²) in [6.45, 7) is 5.52. The topological polar surface area (TPSA) is 94.9 Å². The Balaban J connectivity index is 2.10. The van der Waals surface area contributed by atoms with Crippen molar-refractivity contribution in [3.63, 3.8) is 0 Å². The van der Waals surface area contributed by atoms with Crippen LogP contribution in [0.25, 0.3) is 0 Å². The van der Waals surface area contributed by atoms with Crippen molar-refractivity contribution in [1.29, 1.82) is 5.26 Å². The van der Waals surface area contributed by atoms with Crippen LogP contribution in [-0.4, -0.2) is 28.6 Å². The lowest BCUT2D eigenvalue weighted by atomic mass is 10.0. The molecule has 9 heteroatoms. The van der Waals surface area contributed by atoms with Gasteiger partial charge in [-0.05, 0) is 25.0 Å². The molecule has 0 fully saturated rings. The second kappa shape index (κ2) is 9.74. The zero-order valence-electron chi connectivity index (χ0n) is 15.1. The monoisotopic (exact) mass is 422 g/mol. The first-order valence-electron chi connectivity index (χ1n) is 8.17. The Hall–Kier alpha value is -2.08. The van der Waals surface area contributed by atoms with E-state index in [1.54, 1.807) is 24.3 Å². The molecule has 2 aromatic rings. The van der Waals surface area contributed by atoms with Gasteiger partial charge in [0.25, 0.3) is 5.91 Å². The van der Waals surface area contributed by atoms with Crippen molar-refractivity contribution in [3.05, 3.63) is 40.5 Å². The van der Waals surface area contributed by atoms with Crippen molar-refractivity contribution >= 4 is 51.6 Å². The van der Waals surface area contributed by atoms with Gasteiger partial charge < -0.3 is 10.6 Å². The predicted octanol–water partition coefficient (Wildman–Crippen LogP) is 4.11. The Labute approximate surface area is 171 Å². The van der Waals surface area contributed by atoms with Crippen molar-refractivity contribution in [2.45, 2.75) is 31.0 Å². The minimum atomic E-state index is -0.742.